The maximum absolute atomic E-state index is 9.43. The van der Waals surface area contributed by atoms with Crippen LogP contribution in [-0.2, 0) is 76.7 Å². The van der Waals surface area contributed by atoms with Crippen LogP contribution >= 0.6 is 0 Å². The van der Waals surface area contributed by atoms with E-state index in [1.807, 2.05) is 67.0 Å². The van der Waals surface area contributed by atoms with Gasteiger partial charge in [-0.3, -0.25) is 0 Å². The Morgan fingerprint density at radius 1 is 0.596 bits per heavy atom. The minimum absolute atomic E-state index is 0. The normalized spacial score (nSPS) is 18.4. The third-order valence-corrected chi connectivity index (χ3v) is 9.94. The molecule has 2 aromatic carbocycles. The van der Waals surface area contributed by atoms with Crippen molar-refractivity contribution in [1.29, 1.82) is 10.5 Å². The fraction of sp³-hybridized carbons (Fsp3) is 0.0455. The fourth-order valence-electron chi connectivity index (χ4n) is 8.09. The van der Waals surface area contributed by atoms with Crippen LogP contribution in [0.4, 0.5) is 0 Å². The molecule has 4 aliphatic rings. The Kier molecular flexibility index (Phi) is 9.55. The number of hydrogen-bond donors (Lipinski definition) is 0. The average Bonchev–Trinajstić information content (AvgIpc) is 3.88. The summed E-state index contributed by atoms with van der Waals surface area (Å²) >= 11 is 0. The van der Waals surface area contributed by atoms with E-state index >= 15 is 0 Å². The van der Waals surface area contributed by atoms with Crippen molar-refractivity contribution >= 4 is 0 Å². The van der Waals surface area contributed by atoms with E-state index in [0.29, 0.717) is 5.56 Å². The van der Waals surface area contributed by atoms with Gasteiger partial charge in [-0.25, -0.2) is 11.3 Å². The van der Waals surface area contributed by atoms with Crippen molar-refractivity contribution < 1.29 is 83.7 Å². The SMILES string of the molecule is N#Cc1ccc2c(c1)-c1cccc[n+]1C21c2ccccc2-c2cccc[n+]21.[CH-]=CC1=[C-]c2cccc[n+]2C12C(C=[C-]C#N)=[C-]c1cccc[n+]12.[Y].[Y]. The largest absolute Gasteiger partial charge is 0.417 e. The third-order valence-electron chi connectivity index (χ3n) is 9.94. The summed E-state index contributed by atoms with van der Waals surface area (Å²) in [4.78, 5) is 0. The first-order chi connectivity index (χ1) is 24.7. The van der Waals surface area contributed by atoms with Crippen molar-refractivity contribution in [1.82, 2.24) is 0 Å². The molecule has 0 saturated heterocycles. The van der Waals surface area contributed by atoms with E-state index in [0.717, 1.165) is 33.8 Å². The maximum atomic E-state index is 9.43. The number of allylic oxidation sites excluding steroid dienone is 5. The van der Waals surface area contributed by atoms with Gasteiger partial charge in [-0.05, 0) is 60.7 Å². The van der Waals surface area contributed by atoms with E-state index < -0.39 is 11.3 Å². The van der Waals surface area contributed by atoms with Crippen LogP contribution in [0.1, 0.15) is 28.1 Å². The second kappa shape index (κ2) is 14.0. The van der Waals surface area contributed by atoms with Crippen molar-refractivity contribution in [2.24, 2.45) is 0 Å². The van der Waals surface area contributed by atoms with Gasteiger partial charge in [0.25, 0.3) is 0 Å². The Morgan fingerprint density at radius 2 is 1.13 bits per heavy atom. The first-order valence-corrected chi connectivity index (χ1v) is 16.2. The molecule has 6 nitrogen and oxygen atoms in total. The molecule has 8 heterocycles. The van der Waals surface area contributed by atoms with Crippen molar-refractivity contribution in [2.75, 3.05) is 0 Å². The molecule has 0 fully saturated rings. The zero-order valence-electron chi connectivity index (χ0n) is 27.8. The number of rotatable bonds is 2. The standard InChI is InChI=1S/C24H15N3.C20H11N3.2Y/c25-16-17-11-12-21-19(15-17)23-10-4-6-14-27(23)24(21)20-8-2-1-7-18(20)22-9-3-5-13-26(22)24;1-2-16-14-18-9-3-5-12-22(18)20(16)17(8-7-11-21)15-19-10-4-6-13-23(19)20;;/h1-15H;1-6,8-10,12-13H;;/q+2;-2;;. The fourth-order valence-corrected chi connectivity index (χ4v) is 8.09. The van der Waals surface area contributed by atoms with E-state index in [1.54, 1.807) is 12.2 Å². The second-order valence-electron chi connectivity index (χ2n) is 12.2. The predicted molar refractivity (Wildman–Crippen MR) is 181 cm³/mol. The summed E-state index contributed by atoms with van der Waals surface area (Å²) in [7, 11) is 0. The third kappa shape index (κ3) is 4.83. The Hall–Kier alpha value is -4.81. The molecule has 6 aromatic rings. The van der Waals surface area contributed by atoms with Crippen molar-refractivity contribution in [2.45, 2.75) is 11.3 Å². The van der Waals surface area contributed by atoms with Crippen molar-refractivity contribution in [3.8, 4) is 34.7 Å². The molecule has 0 N–H and O–H groups in total. The summed E-state index contributed by atoms with van der Waals surface area (Å²) < 4.78 is 8.87. The topological polar surface area (TPSA) is 63.1 Å². The number of benzene rings is 2. The number of hydrogen-bond acceptors (Lipinski definition) is 2. The van der Waals surface area contributed by atoms with Crippen LogP contribution in [0.2, 0.25) is 0 Å². The molecule has 4 aromatic heterocycles. The summed E-state index contributed by atoms with van der Waals surface area (Å²) in [6.45, 7) is 5.92. The predicted octanol–water partition coefficient (Wildman–Crippen LogP) is 4.90. The molecule has 2 spiro atoms. The summed E-state index contributed by atoms with van der Waals surface area (Å²) in [5.41, 5.74) is 10.1. The molecule has 10 rings (SSSR count). The molecular formula is C44H26N6Y2. The summed E-state index contributed by atoms with van der Waals surface area (Å²) in [5, 5.41) is 18.3. The van der Waals surface area contributed by atoms with Gasteiger partial charge in [0.05, 0.1) is 34.1 Å². The van der Waals surface area contributed by atoms with E-state index in [2.05, 4.69) is 122 Å². The van der Waals surface area contributed by atoms with E-state index in [9.17, 15) is 5.26 Å². The molecule has 2 atom stereocenters. The van der Waals surface area contributed by atoms with Crippen LogP contribution < -0.4 is 18.3 Å². The monoisotopic (exact) mass is 816 g/mol. The van der Waals surface area contributed by atoms with Crippen LogP contribution in [0.3, 0.4) is 0 Å². The minimum Gasteiger partial charge on any atom is -0.360 e. The van der Waals surface area contributed by atoms with E-state index in [1.165, 1.54) is 22.4 Å². The molecular weight excluding hydrogens is 790 g/mol. The van der Waals surface area contributed by atoms with Crippen LogP contribution in [0.25, 0.3) is 22.5 Å². The average molecular weight is 817 g/mol. The first-order valence-electron chi connectivity index (χ1n) is 16.2. The number of aromatic nitrogens is 4. The van der Waals surface area contributed by atoms with E-state index in [4.69, 9.17) is 11.8 Å². The quantitative estimate of drug-likeness (QED) is 0.142. The van der Waals surface area contributed by atoms with Crippen LogP contribution in [0.5, 0.6) is 0 Å². The first kappa shape index (κ1) is 35.6. The number of pyridine rings is 4. The molecule has 238 valence electrons. The van der Waals surface area contributed by atoms with Gasteiger partial charge in [0.15, 0.2) is 24.8 Å². The van der Waals surface area contributed by atoms with E-state index in [-0.39, 0.29) is 65.4 Å². The van der Waals surface area contributed by atoms with Gasteiger partial charge in [0.2, 0.25) is 17.1 Å². The molecule has 2 unspecified atom stereocenters. The van der Waals surface area contributed by atoms with Gasteiger partial charge < -0.3 is 18.7 Å². The summed E-state index contributed by atoms with van der Waals surface area (Å²) in [6.07, 6.45) is 20.8. The molecule has 0 bridgehead atoms. The minimum atomic E-state index is -0.716. The Morgan fingerprint density at radius 3 is 1.75 bits per heavy atom. The maximum Gasteiger partial charge on any atom is 0.417 e. The molecule has 0 aliphatic carbocycles. The van der Waals surface area contributed by atoms with Gasteiger partial charge in [0, 0.05) is 89.7 Å². The number of fused-ring (bicyclic) bond motifs is 14. The van der Waals surface area contributed by atoms with Crippen LogP contribution in [0.15, 0.2) is 163 Å². The molecule has 52 heavy (non-hydrogen) atoms. The Balaban J connectivity index is 0.000000158. The number of nitriles is 2. The Labute approximate surface area is 353 Å². The zero-order chi connectivity index (χ0) is 33.9. The van der Waals surface area contributed by atoms with Gasteiger partial charge >= 0.3 is 5.66 Å². The van der Waals surface area contributed by atoms with Crippen LogP contribution in [0, 0.1) is 47.5 Å². The van der Waals surface area contributed by atoms with Gasteiger partial charge in [-0.15, -0.1) is 21.3 Å². The van der Waals surface area contributed by atoms with Crippen LogP contribution in [-0.4, -0.2) is 0 Å². The van der Waals surface area contributed by atoms with Crippen molar-refractivity contribution in [3.63, 3.8) is 0 Å². The van der Waals surface area contributed by atoms with Gasteiger partial charge in [-0.1, -0.05) is 24.3 Å². The molecule has 8 heteroatoms. The second-order valence-corrected chi connectivity index (χ2v) is 12.2. The summed E-state index contributed by atoms with van der Waals surface area (Å²) in [5.74, 6) is 0. The van der Waals surface area contributed by atoms with Crippen molar-refractivity contribution in [3.05, 3.63) is 216 Å². The zero-order valence-corrected chi connectivity index (χ0v) is 33.5. The smallest absolute Gasteiger partial charge is 0.360 e. The molecule has 0 saturated carbocycles. The Bertz CT molecular complexity index is 2570. The number of nitrogens with zero attached hydrogens (tertiary/aromatic N) is 6. The van der Waals surface area contributed by atoms with Gasteiger partial charge in [-0.2, -0.15) is 37.7 Å². The molecule has 4 aliphatic heterocycles. The molecule has 2 radical (unpaired) electrons. The van der Waals surface area contributed by atoms with Gasteiger partial charge in [0.1, 0.15) is 11.1 Å². The summed E-state index contributed by atoms with van der Waals surface area (Å²) in [6, 6.07) is 43.3. The molecule has 0 amide bonds.